The topological polar surface area (TPSA) is 27.0 Å². The van der Waals surface area contributed by atoms with E-state index in [0.717, 1.165) is 5.56 Å². The van der Waals surface area contributed by atoms with E-state index in [1.807, 2.05) is 20.9 Å². The van der Waals surface area contributed by atoms with E-state index in [0.29, 0.717) is 19.0 Å². The van der Waals surface area contributed by atoms with Crippen LogP contribution in [-0.4, -0.2) is 18.5 Å². The van der Waals surface area contributed by atoms with Crippen LogP contribution in [0, 0.1) is 29.0 Å². The van der Waals surface area contributed by atoms with Crippen LogP contribution in [-0.2, 0) is 6.54 Å². The van der Waals surface area contributed by atoms with Gasteiger partial charge in [-0.2, -0.15) is 5.26 Å². The first-order chi connectivity index (χ1) is 8.43. The smallest absolute Gasteiger partial charge is 0.141 e. The maximum atomic E-state index is 13.0. The number of halogens is 2. The maximum Gasteiger partial charge on any atom is 0.141 e. The first kappa shape index (κ1) is 14.9. The molecule has 0 fully saturated rings. The maximum absolute atomic E-state index is 13.0. The minimum absolute atomic E-state index is 0.00548. The van der Waals surface area contributed by atoms with Crippen molar-refractivity contribution in [1.29, 1.82) is 5.26 Å². The lowest BCUT2D eigenvalue weighted by Gasteiger charge is -2.22. The van der Waals surface area contributed by atoms with E-state index in [1.54, 1.807) is 12.1 Å². The predicted octanol–water partition coefficient (Wildman–Crippen LogP) is 3.71. The number of nitriles is 1. The fourth-order valence-electron chi connectivity index (χ4n) is 1.75. The van der Waals surface area contributed by atoms with E-state index < -0.39 is 5.82 Å². The molecular weight excluding hydrogens is 251 g/mol. The zero-order valence-corrected chi connectivity index (χ0v) is 11.7. The van der Waals surface area contributed by atoms with Crippen molar-refractivity contribution >= 4 is 11.6 Å². The molecule has 18 heavy (non-hydrogen) atoms. The molecule has 0 radical (unpaired) electrons. The average Bonchev–Trinajstić information content (AvgIpc) is 2.30. The molecule has 1 aromatic carbocycles. The Morgan fingerprint density at radius 1 is 1.44 bits per heavy atom. The fourth-order valence-corrected chi connectivity index (χ4v) is 1.95. The summed E-state index contributed by atoms with van der Waals surface area (Å²) in [4.78, 5) is 2.05. The van der Waals surface area contributed by atoms with E-state index in [-0.39, 0.29) is 10.9 Å². The number of nitrogens with zero attached hydrogens (tertiary/aromatic N) is 2. The van der Waals surface area contributed by atoms with Crippen molar-refractivity contribution in [2.24, 2.45) is 11.8 Å². The van der Waals surface area contributed by atoms with Crippen molar-refractivity contribution in [3.63, 3.8) is 0 Å². The van der Waals surface area contributed by atoms with Gasteiger partial charge in [0.25, 0.3) is 0 Å². The molecule has 0 aliphatic heterocycles. The summed E-state index contributed by atoms with van der Waals surface area (Å²) in [5.41, 5.74) is 0.948. The molecule has 0 N–H and O–H groups in total. The molecule has 98 valence electrons. The summed E-state index contributed by atoms with van der Waals surface area (Å²) in [7, 11) is 1.95. The molecule has 0 aromatic heterocycles. The Balaban J connectivity index is 2.62. The number of hydrogen-bond acceptors (Lipinski definition) is 2. The van der Waals surface area contributed by atoms with Gasteiger partial charge >= 0.3 is 0 Å². The second kappa shape index (κ2) is 6.72. The molecule has 1 unspecified atom stereocenters. The summed E-state index contributed by atoms with van der Waals surface area (Å²) in [6.45, 7) is 5.43. The summed E-state index contributed by atoms with van der Waals surface area (Å²) in [6, 6.07) is 7.03. The Morgan fingerprint density at radius 3 is 2.61 bits per heavy atom. The number of hydrogen-bond donors (Lipinski definition) is 0. The van der Waals surface area contributed by atoms with Gasteiger partial charge in [0.05, 0.1) is 17.0 Å². The highest BCUT2D eigenvalue weighted by Gasteiger charge is 2.15. The summed E-state index contributed by atoms with van der Waals surface area (Å²) < 4.78 is 13.0. The van der Waals surface area contributed by atoms with Crippen molar-refractivity contribution in [2.45, 2.75) is 20.4 Å². The van der Waals surface area contributed by atoms with Crippen LogP contribution in [0.3, 0.4) is 0 Å². The van der Waals surface area contributed by atoms with Crippen LogP contribution < -0.4 is 0 Å². The third-order valence-corrected chi connectivity index (χ3v) is 3.21. The second-order valence-corrected chi connectivity index (χ2v) is 5.33. The van der Waals surface area contributed by atoms with Gasteiger partial charge in [0.2, 0.25) is 0 Å². The third-order valence-electron chi connectivity index (χ3n) is 2.92. The van der Waals surface area contributed by atoms with E-state index in [1.165, 1.54) is 6.07 Å². The molecule has 0 saturated heterocycles. The average molecular weight is 269 g/mol. The molecule has 0 spiro atoms. The molecular formula is C14H18ClFN2. The van der Waals surface area contributed by atoms with Crippen LogP contribution in [0.15, 0.2) is 18.2 Å². The van der Waals surface area contributed by atoms with Gasteiger partial charge in [0, 0.05) is 13.1 Å². The Kier molecular flexibility index (Phi) is 5.58. The highest BCUT2D eigenvalue weighted by atomic mass is 35.5. The van der Waals surface area contributed by atoms with Crippen molar-refractivity contribution in [2.75, 3.05) is 13.6 Å². The van der Waals surface area contributed by atoms with E-state index in [4.69, 9.17) is 16.9 Å². The van der Waals surface area contributed by atoms with Gasteiger partial charge < -0.3 is 4.90 Å². The fraction of sp³-hybridized carbons (Fsp3) is 0.500. The molecule has 0 bridgehead atoms. The van der Waals surface area contributed by atoms with Crippen LogP contribution in [0.1, 0.15) is 19.4 Å². The van der Waals surface area contributed by atoms with Gasteiger partial charge in [0.15, 0.2) is 0 Å². The normalized spacial score (nSPS) is 12.8. The Hall–Kier alpha value is -1.11. The molecule has 0 heterocycles. The molecule has 2 nitrogen and oxygen atoms in total. The van der Waals surface area contributed by atoms with Crippen LogP contribution in [0.2, 0.25) is 5.02 Å². The Morgan fingerprint density at radius 2 is 2.11 bits per heavy atom. The predicted molar refractivity (Wildman–Crippen MR) is 71.7 cm³/mol. The molecule has 0 amide bonds. The van der Waals surface area contributed by atoms with Gasteiger partial charge in [0.1, 0.15) is 5.82 Å². The first-order valence-electron chi connectivity index (χ1n) is 5.96. The van der Waals surface area contributed by atoms with Gasteiger partial charge in [-0.25, -0.2) is 4.39 Å². The molecule has 1 atom stereocenters. The standard InChI is InChI=1S/C14H18ClFN2/c1-10(2)12(7-17)9-18(3)8-11-4-5-14(16)13(15)6-11/h4-6,10,12H,8-9H2,1-3H3. The minimum Gasteiger partial charge on any atom is -0.301 e. The number of rotatable bonds is 5. The SMILES string of the molecule is CC(C)C(C#N)CN(C)Cc1ccc(F)c(Cl)c1. The highest BCUT2D eigenvalue weighted by Crippen LogP contribution is 2.18. The summed E-state index contributed by atoms with van der Waals surface area (Å²) >= 11 is 5.73. The third kappa shape index (κ3) is 4.29. The largest absolute Gasteiger partial charge is 0.301 e. The summed E-state index contributed by atoms with van der Waals surface area (Å²) in [5.74, 6) is -0.0691. The van der Waals surface area contributed by atoms with Crippen LogP contribution in [0.5, 0.6) is 0 Å². The summed E-state index contributed by atoms with van der Waals surface area (Å²) in [6.07, 6.45) is 0. The van der Waals surface area contributed by atoms with Crippen molar-refractivity contribution < 1.29 is 4.39 Å². The van der Waals surface area contributed by atoms with Gasteiger partial charge in [-0.15, -0.1) is 0 Å². The lowest BCUT2D eigenvalue weighted by atomic mass is 9.97. The number of benzene rings is 1. The van der Waals surface area contributed by atoms with E-state index >= 15 is 0 Å². The van der Waals surface area contributed by atoms with E-state index in [2.05, 4.69) is 11.0 Å². The highest BCUT2D eigenvalue weighted by molar-refractivity contribution is 6.30. The zero-order valence-electron chi connectivity index (χ0n) is 11.0. The van der Waals surface area contributed by atoms with Crippen molar-refractivity contribution in [3.05, 3.63) is 34.6 Å². The Bertz CT molecular complexity index is 440. The van der Waals surface area contributed by atoms with Gasteiger partial charge in [-0.1, -0.05) is 31.5 Å². The second-order valence-electron chi connectivity index (χ2n) is 4.92. The first-order valence-corrected chi connectivity index (χ1v) is 6.34. The Labute approximate surface area is 113 Å². The molecule has 0 aliphatic carbocycles. The van der Waals surface area contributed by atoms with Crippen LogP contribution in [0.4, 0.5) is 4.39 Å². The monoisotopic (exact) mass is 268 g/mol. The molecule has 4 heteroatoms. The molecule has 1 aromatic rings. The van der Waals surface area contributed by atoms with E-state index in [9.17, 15) is 4.39 Å². The lowest BCUT2D eigenvalue weighted by Crippen LogP contribution is -2.27. The van der Waals surface area contributed by atoms with Crippen LogP contribution >= 0.6 is 11.6 Å². The lowest BCUT2D eigenvalue weighted by molar-refractivity contribution is 0.265. The molecule has 1 rings (SSSR count). The van der Waals surface area contributed by atoms with Crippen LogP contribution in [0.25, 0.3) is 0 Å². The molecule has 0 saturated carbocycles. The van der Waals surface area contributed by atoms with Gasteiger partial charge in [-0.05, 0) is 30.7 Å². The zero-order chi connectivity index (χ0) is 13.7. The molecule has 0 aliphatic rings. The van der Waals surface area contributed by atoms with Gasteiger partial charge in [-0.3, -0.25) is 0 Å². The van der Waals surface area contributed by atoms with Crippen molar-refractivity contribution in [3.8, 4) is 6.07 Å². The minimum atomic E-state index is -0.403. The quantitative estimate of drug-likeness (QED) is 0.814. The summed E-state index contributed by atoms with van der Waals surface area (Å²) in [5, 5.41) is 9.18. The van der Waals surface area contributed by atoms with Crippen molar-refractivity contribution in [1.82, 2.24) is 4.90 Å².